The minimum absolute atomic E-state index is 0.0167. The van der Waals surface area contributed by atoms with Gasteiger partial charge in [-0.2, -0.15) is 5.26 Å². The maximum atomic E-state index is 12.7. The highest BCUT2D eigenvalue weighted by Crippen LogP contribution is 2.28. The zero-order valence-corrected chi connectivity index (χ0v) is 18.6. The van der Waals surface area contributed by atoms with Crippen molar-refractivity contribution < 1.29 is 19.4 Å². The van der Waals surface area contributed by atoms with Gasteiger partial charge in [-0.05, 0) is 29.2 Å². The second-order valence-corrected chi connectivity index (χ2v) is 9.01. The number of carbonyl (C=O) groups excluding carboxylic acids is 2. The number of phenols is 1. The number of pyridine rings is 1. The zero-order chi connectivity index (χ0) is 23.4. The van der Waals surface area contributed by atoms with E-state index in [1.807, 2.05) is 12.1 Å². The lowest BCUT2D eigenvalue weighted by Crippen LogP contribution is -2.51. The number of hydrogen-bond acceptors (Lipinski definition) is 6. The number of rotatable bonds is 5. The van der Waals surface area contributed by atoms with E-state index in [1.165, 1.54) is 12.3 Å². The largest absolute Gasteiger partial charge is 0.508 e. The zero-order valence-electron chi connectivity index (χ0n) is 18.6. The van der Waals surface area contributed by atoms with Gasteiger partial charge in [0.1, 0.15) is 17.0 Å². The number of nitriles is 1. The standard InChI is InChI=1S/C24H28N4O4/c1-23(2,3)17-4-5-20(29)16(12-17)13-21(30)27-18-6-9-26-19(14-18)22(31)28-24(15-25)7-10-32-11-8-24/h4-6,9,12,14,29H,7-8,10-11,13H2,1-3H3,(H,28,31)(H,26,27,30). The molecule has 0 saturated carbocycles. The average molecular weight is 437 g/mol. The highest BCUT2D eigenvalue weighted by Gasteiger charge is 2.34. The van der Waals surface area contributed by atoms with Crippen LogP contribution in [0, 0.1) is 11.3 Å². The van der Waals surface area contributed by atoms with Gasteiger partial charge >= 0.3 is 0 Å². The molecule has 1 saturated heterocycles. The lowest BCUT2D eigenvalue weighted by atomic mass is 9.85. The molecule has 2 aromatic rings. The second kappa shape index (κ2) is 9.37. The van der Waals surface area contributed by atoms with Crippen molar-refractivity contribution in [2.45, 2.75) is 51.0 Å². The lowest BCUT2D eigenvalue weighted by Gasteiger charge is -2.31. The van der Waals surface area contributed by atoms with Gasteiger partial charge in [0.2, 0.25) is 5.91 Å². The molecule has 0 radical (unpaired) electrons. The molecule has 168 valence electrons. The number of amides is 2. The van der Waals surface area contributed by atoms with Crippen molar-refractivity contribution in [1.82, 2.24) is 10.3 Å². The molecule has 8 heteroatoms. The summed E-state index contributed by atoms with van der Waals surface area (Å²) in [6.45, 7) is 6.98. The first-order chi connectivity index (χ1) is 15.1. The van der Waals surface area contributed by atoms with Crippen LogP contribution in [0.25, 0.3) is 0 Å². The molecule has 0 aliphatic carbocycles. The highest BCUT2D eigenvalue weighted by molar-refractivity contribution is 5.96. The highest BCUT2D eigenvalue weighted by atomic mass is 16.5. The fraction of sp³-hybridized carbons (Fsp3) is 0.417. The topological polar surface area (TPSA) is 124 Å². The molecule has 2 heterocycles. The molecule has 8 nitrogen and oxygen atoms in total. The summed E-state index contributed by atoms with van der Waals surface area (Å²) in [4.78, 5) is 29.3. The monoisotopic (exact) mass is 436 g/mol. The van der Waals surface area contributed by atoms with Gasteiger partial charge in [-0.25, -0.2) is 0 Å². The van der Waals surface area contributed by atoms with Crippen molar-refractivity contribution in [2.75, 3.05) is 18.5 Å². The first-order valence-electron chi connectivity index (χ1n) is 10.5. The van der Waals surface area contributed by atoms with Crippen LogP contribution in [-0.2, 0) is 21.4 Å². The molecular weight excluding hydrogens is 408 g/mol. The Labute approximate surface area is 187 Å². The first kappa shape index (κ1) is 23.2. The van der Waals surface area contributed by atoms with E-state index in [2.05, 4.69) is 42.5 Å². The fourth-order valence-corrected chi connectivity index (χ4v) is 3.47. The van der Waals surface area contributed by atoms with Crippen molar-refractivity contribution in [2.24, 2.45) is 0 Å². The molecule has 0 bridgehead atoms. The average Bonchev–Trinajstić information content (AvgIpc) is 2.75. The maximum absolute atomic E-state index is 12.7. The molecule has 32 heavy (non-hydrogen) atoms. The second-order valence-electron chi connectivity index (χ2n) is 9.01. The Morgan fingerprint density at radius 3 is 2.59 bits per heavy atom. The lowest BCUT2D eigenvalue weighted by molar-refractivity contribution is -0.115. The third-order valence-corrected chi connectivity index (χ3v) is 5.49. The van der Waals surface area contributed by atoms with E-state index in [1.54, 1.807) is 12.1 Å². The van der Waals surface area contributed by atoms with E-state index in [0.29, 0.717) is 37.3 Å². The van der Waals surface area contributed by atoms with Crippen LogP contribution in [0.3, 0.4) is 0 Å². The van der Waals surface area contributed by atoms with Gasteiger partial charge < -0.3 is 20.5 Å². The van der Waals surface area contributed by atoms with E-state index in [0.717, 1.165) is 5.56 Å². The molecule has 2 amide bonds. The van der Waals surface area contributed by atoms with Gasteiger partial charge in [-0.1, -0.05) is 32.9 Å². The summed E-state index contributed by atoms with van der Waals surface area (Å²) in [6, 6.07) is 10.5. The van der Waals surface area contributed by atoms with Crippen molar-refractivity contribution in [3.8, 4) is 11.8 Å². The van der Waals surface area contributed by atoms with Gasteiger partial charge in [0.05, 0.1) is 12.5 Å². The first-order valence-corrected chi connectivity index (χ1v) is 10.5. The third kappa shape index (κ3) is 5.62. The molecule has 0 spiro atoms. The van der Waals surface area contributed by atoms with Crippen LogP contribution < -0.4 is 10.6 Å². The predicted molar refractivity (Wildman–Crippen MR) is 119 cm³/mol. The van der Waals surface area contributed by atoms with E-state index >= 15 is 0 Å². The van der Waals surface area contributed by atoms with E-state index in [-0.39, 0.29) is 29.2 Å². The van der Waals surface area contributed by atoms with Crippen LogP contribution in [0.5, 0.6) is 5.75 Å². The Kier molecular flexibility index (Phi) is 6.80. The number of hydrogen-bond donors (Lipinski definition) is 3. The predicted octanol–water partition coefficient (Wildman–Crippen LogP) is 3.07. The van der Waals surface area contributed by atoms with E-state index in [4.69, 9.17) is 4.74 Å². The Balaban J connectivity index is 1.69. The van der Waals surface area contributed by atoms with Crippen LogP contribution >= 0.6 is 0 Å². The number of anilines is 1. The summed E-state index contributed by atoms with van der Waals surface area (Å²) < 4.78 is 5.28. The minimum atomic E-state index is -0.980. The van der Waals surface area contributed by atoms with Crippen molar-refractivity contribution in [3.05, 3.63) is 53.3 Å². The molecular formula is C24H28N4O4. The van der Waals surface area contributed by atoms with Gasteiger partial charge in [-0.15, -0.1) is 0 Å². The molecule has 1 aromatic heterocycles. The fourth-order valence-electron chi connectivity index (χ4n) is 3.47. The molecule has 0 unspecified atom stereocenters. The smallest absolute Gasteiger partial charge is 0.271 e. The number of aromatic nitrogens is 1. The maximum Gasteiger partial charge on any atom is 0.271 e. The molecule has 3 rings (SSSR count). The molecule has 1 fully saturated rings. The minimum Gasteiger partial charge on any atom is -0.508 e. The molecule has 1 aromatic carbocycles. The number of nitrogens with zero attached hydrogens (tertiary/aromatic N) is 2. The molecule has 1 aliphatic heterocycles. The van der Waals surface area contributed by atoms with E-state index < -0.39 is 11.4 Å². The number of aromatic hydroxyl groups is 1. The molecule has 0 atom stereocenters. The summed E-state index contributed by atoms with van der Waals surface area (Å²) in [5.74, 6) is -0.761. The number of nitrogens with one attached hydrogen (secondary N) is 2. The van der Waals surface area contributed by atoms with Gasteiger partial charge in [0, 0.05) is 43.5 Å². The van der Waals surface area contributed by atoms with Gasteiger partial charge in [0.15, 0.2) is 0 Å². The van der Waals surface area contributed by atoms with E-state index in [9.17, 15) is 20.0 Å². The Morgan fingerprint density at radius 1 is 1.22 bits per heavy atom. The SMILES string of the molecule is CC(C)(C)c1ccc(O)c(CC(=O)Nc2ccnc(C(=O)NC3(C#N)CCOCC3)c2)c1. The van der Waals surface area contributed by atoms with Crippen LogP contribution in [0.4, 0.5) is 5.69 Å². The van der Waals surface area contributed by atoms with Crippen molar-refractivity contribution in [3.63, 3.8) is 0 Å². The number of benzene rings is 1. The third-order valence-electron chi connectivity index (χ3n) is 5.49. The Hall–Kier alpha value is -3.44. The normalized spacial score (nSPS) is 15.4. The Morgan fingerprint density at radius 2 is 1.94 bits per heavy atom. The number of carbonyl (C=O) groups is 2. The summed E-state index contributed by atoms with van der Waals surface area (Å²) in [7, 11) is 0. The number of phenolic OH excluding ortho intramolecular Hbond substituents is 1. The summed E-state index contributed by atoms with van der Waals surface area (Å²) in [5.41, 5.74) is 0.947. The van der Waals surface area contributed by atoms with Crippen molar-refractivity contribution >= 4 is 17.5 Å². The van der Waals surface area contributed by atoms with Crippen LogP contribution in [0.1, 0.15) is 55.2 Å². The quantitative estimate of drug-likeness (QED) is 0.662. The van der Waals surface area contributed by atoms with Crippen LogP contribution in [-0.4, -0.2) is 40.7 Å². The summed E-state index contributed by atoms with van der Waals surface area (Å²) in [5, 5.41) is 25.2. The van der Waals surface area contributed by atoms with Crippen molar-refractivity contribution in [1.29, 1.82) is 5.26 Å². The van der Waals surface area contributed by atoms with Crippen LogP contribution in [0.15, 0.2) is 36.5 Å². The van der Waals surface area contributed by atoms with Gasteiger partial charge in [0.25, 0.3) is 5.91 Å². The summed E-state index contributed by atoms with van der Waals surface area (Å²) >= 11 is 0. The Bertz CT molecular complexity index is 1050. The van der Waals surface area contributed by atoms with Gasteiger partial charge in [-0.3, -0.25) is 14.6 Å². The molecule has 1 aliphatic rings. The summed E-state index contributed by atoms with van der Waals surface area (Å²) in [6.07, 6.45) is 2.22. The number of ether oxygens (including phenoxy) is 1. The molecule has 3 N–H and O–H groups in total. The van der Waals surface area contributed by atoms with Crippen LogP contribution in [0.2, 0.25) is 0 Å².